The molecule has 0 bridgehead atoms. The number of carbonyl (C=O) groups is 2. The van der Waals surface area contributed by atoms with Crippen molar-refractivity contribution in [2.75, 3.05) is 23.7 Å². The number of anilines is 1. The molecule has 186 valence electrons. The van der Waals surface area contributed by atoms with Gasteiger partial charge in [-0.25, -0.2) is 8.42 Å². The molecule has 1 N–H and O–H groups in total. The number of hydrogen-bond acceptors (Lipinski definition) is 4. The van der Waals surface area contributed by atoms with Gasteiger partial charge in [0.2, 0.25) is 21.8 Å². The first kappa shape index (κ1) is 27.4. The standard InChI is InChI=1S/C26H37N3O4S/c1-18(2)15-27-26(31)22(6)28(16-23-10-8-9-19(3)13-23)25(30)17-29(34(7,32)33)24-12-11-20(4)21(5)14-24/h8-14,18,22H,15-17H2,1-7H3,(H,27,31)/t22-/m1/s1. The normalized spacial score (nSPS) is 12.4. The lowest BCUT2D eigenvalue weighted by Crippen LogP contribution is -2.51. The van der Waals surface area contributed by atoms with Crippen molar-refractivity contribution >= 4 is 27.5 Å². The van der Waals surface area contributed by atoms with Crippen LogP contribution in [0.5, 0.6) is 0 Å². The van der Waals surface area contributed by atoms with Crippen LogP contribution in [0.2, 0.25) is 0 Å². The van der Waals surface area contributed by atoms with Crippen LogP contribution in [-0.4, -0.2) is 50.5 Å². The molecule has 0 saturated carbocycles. The fraction of sp³-hybridized carbons (Fsp3) is 0.462. The van der Waals surface area contributed by atoms with Crippen molar-refractivity contribution in [1.82, 2.24) is 10.2 Å². The van der Waals surface area contributed by atoms with Gasteiger partial charge in [0.05, 0.1) is 11.9 Å². The molecule has 0 aromatic heterocycles. The van der Waals surface area contributed by atoms with Gasteiger partial charge in [0, 0.05) is 13.1 Å². The Hall–Kier alpha value is -2.87. The summed E-state index contributed by atoms with van der Waals surface area (Å²) in [6.45, 7) is 11.7. The molecule has 0 radical (unpaired) electrons. The zero-order valence-corrected chi connectivity index (χ0v) is 22.1. The fourth-order valence-corrected chi connectivity index (χ4v) is 4.38. The smallest absolute Gasteiger partial charge is 0.244 e. The Labute approximate surface area is 204 Å². The largest absolute Gasteiger partial charge is 0.354 e. The van der Waals surface area contributed by atoms with Gasteiger partial charge < -0.3 is 10.2 Å². The van der Waals surface area contributed by atoms with Crippen LogP contribution in [0.25, 0.3) is 0 Å². The highest BCUT2D eigenvalue weighted by Gasteiger charge is 2.30. The van der Waals surface area contributed by atoms with Gasteiger partial charge in [-0.1, -0.05) is 49.7 Å². The molecule has 0 aliphatic heterocycles. The van der Waals surface area contributed by atoms with Crippen molar-refractivity contribution in [2.45, 2.75) is 54.1 Å². The van der Waals surface area contributed by atoms with E-state index in [1.54, 1.807) is 19.1 Å². The van der Waals surface area contributed by atoms with Crippen molar-refractivity contribution in [3.8, 4) is 0 Å². The Morgan fingerprint density at radius 2 is 1.65 bits per heavy atom. The summed E-state index contributed by atoms with van der Waals surface area (Å²) in [5.74, 6) is -0.452. The summed E-state index contributed by atoms with van der Waals surface area (Å²) in [6.07, 6.45) is 1.08. The van der Waals surface area contributed by atoms with Gasteiger partial charge in [0.15, 0.2) is 0 Å². The summed E-state index contributed by atoms with van der Waals surface area (Å²) < 4.78 is 26.4. The minimum Gasteiger partial charge on any atom is -0.354 e. The SMILES string of the molecule is Cc1cccc(CN(C(=O)CN(c2ccc(C)c(C)c2)S(C)(=O)=O)[C@H](C)C(=O)NCC(C)C)c1. The first-order valence-electron chi connectivity index (χ1n) is 11.5. The first-order valence-corrected chi connectivity index (χ1v) is 13.3. The highest BCUT2D eigenvalue weighted by Crippen LogP contribution is 2.22. The molecular formula is C26H37N3O4S. The van der Waals surface area contributed by atoms with E-state index in [-0.39, 0.29) is 18.4 Å². The van der Waals surface area contributed by atoms with E-state index in [9.17, 15) is 18.0 Å². The molecule has 0 saturated heterocycles. The average molecular weight is 488 g/mol. The number of aryl methyl sites for hydroxylation is 3. The molecule has 0 aliphatic carbocycles. The molecule has 2 aromatic carbocycles. The Morgan fingerprint density at radius 1 is 0.971 bits per heavy atom. The molecule has 0 fully saturated rings. The fourth-order valence-electron chi connectivity index (χ4n) is 3.54. The number of sulfonamides is 1. The third kappa shape index (κ3) is 7.58. The van der Waals surface area contributed by atoms with Gasteiger partial charge >= 0.3 is 0 Å². The van der Waals surface area contributed by atoms with E-state index in [1.807, 2.05) is 65.0 Å². The number of carbonyl (C=O) groups excluding carboxylic acids is 2. The number of nitrogens with one attached hydrogen (secondary N) is 1. The van der Waals surface area contributed by atoms with Crippen LogP contribution in [-0.2, 0) is 26.2 Å². The Bertz CT molecular complexity index is 1130. The van der Waals surface area contributed by atoms with E-state index in [0.717, 1.165) is 32.8 Å². The summed E-state index contributed by atoms with van der Waals surface area (Å²) in [5, 5.41) is 2.88. The van der Waals surface area contributed by atoms with Crippen LogP contribution in [0, 0.1) is 26.7 Å². The topological polar surface area (TPSA) is 86.8 Å². The highest BCUT2D eigenvalue weighted by molar-refractivity contribution is 7.92. The maximum Gasteiger partial charge on any atom is 0.244 e. The molecule has 8 heteroatoms. The molecule has 1 atom stereocenters. The summed E-state index contributed by atoms with van der Waals surface area (Å²) >= 11 is 0. The maximum absolute atomic E-state index is 13.5. The van der Waals surface area contributed by atoms with Crippen molar-refractivity contribution < 1.29 is 18.0 Å². The minimum absolute atomic E-state index is 0.196. The average Bonchev–Trinajstić information content (AvgIpc) is 2.74. The highest BCUT2D eigenvalue weighted by atomic mass is 32.2. The van der Waals surface area contributed by atoms with Crippen LogP contribution >= 0.6 is 0 Å². The minimum atomic E-state index is -3.74. The maximum atomic E-state index is 13.5. The lowest BCUT2D eigenvalue weighted by molar-refractivity contribution is -0.139. The Balaban J connectivity index is 2.39. The predicted molar refractivity (Wildman–Crippen MR) is 137 cm³/mol. The molecule has 2 rings (SSSR count). The third-order valence-electron chi connectivity index (χ3n) is 5.74. The summed E-state index contributed by atoms with van der Waals surface area (Å²) in [5.41, 5.74) is 4.28. The van der Waals surface area contributed by atoms with Crippen LogP contribution in [0.1, 0.15) is 43.0 Å². The molecule has 0 spiro atoms. The summed E-state index contributed by atoms with van der Waals surface area (Å²) in [4.78, 5) is 27.8. The monoisotopic (exact) mass is 487 g/mol. The van der Waals surface area contributed by atoms with E-state index in [0.29, 0.717) is 12.2 Å². The van der Waals surface area contributed by atoms with Crippen molar-refractivity contribution in [3.63, 3.8) is 0 Å². The number of rotatable bonds is 10. The quantitative estimate of drug-likeness (QED) is 0.555. The van der Waals surface area contributed by atoms with Crippen LogP contribution in [0.15, 0.2) is 42.5 Å². The van der Waals surface area contributed by atoms with Crippen molar-refractivity contribution in [2.24, 2.45) is 5.92 Å². The van der Waals surface area contributed by atoms with Gasteiger partial charge in [-0.3, -0.25) is 13.9 Å². The zero-order valence-electron chi connectivity index (χ0n) is 21.3. The second kappa shape index (κ2) is 11.5. The number of hydrogen-bond donors (Lipinski definition) is 1. The molecule has 2 aromatic rings. The second-order valence-corrected chi connectivity index (χ2v) is 11.3. The molecule has 0 aliphatic rings. The zero-order chi connectivity index (χ0) is 25.6. The number of benzene rings is 2. The number of nitrogens with zero attached hydrogens (tertiary/aromatic N) is 2. The van der Waals surface area contributed by atoms with E-state index in [1.165, 1.54) is 4.90 Å². The van der Waals surface area contributed by atoms with Gasteiger partial charge in [-0.05, 0) is 62.4 Å². The van der Waals surface area contributed by atoms with E-state index < -0.39 is 28.5 Å². The van der Waals surface area contributed by atoms with Crippen molar-refractivity contribution in [3.05, 3.63) is 64.7 Å². The van der Waals surface area contributed by atoms with E-state index in [2.05, 4.69) is 5.32 Å². The predicted octanol–water partition coefficient (Wildman–Crippen LogP) is 3.57. The third-order valence-corrected chi connectivity index (χ3v) is 6.89. The Kier molecular flexibility index (Phi) is 9.27. The van der Waals surface area contributed by atoms with Crippen LogP contribution in [0.3, 0.4) is 0 Å². The lowest BCUT2D eigenvalue weighted by Gasteiger charge is -2.31. The van der Waals surface area contributed by atoms with Gasteiger partial charge in [-0.2, -0.15) is 0 Å². The Morgan fingerprint density at radius 3 is 2.21 bits per heavy atom. The van der Waals surface area contributed by atoms with Crippen molar-refractivity contribution in [1.29, 1.82) is 0 Å². The molecule has 2 amide bonds. The lowest BCUT2D eigenvalue weighted by atomic mass is 10.1. The summed E-state index contributed by atoms with van der Waals surface area (Å²) in [6, 6.07) is 12.2. The molecule has 34 heavy (non-hydrogen) atoms. The van der Waals surface area contributed by atoms with Gasteiger partial charge in [0.1, 0.15) is 12.6 Å². The van der Waals surface area contributed by atoms with Crippen LogP contribution in [0.4, 0.5) is 5.69 Å². The molecular weight excluding hydrogens is 450 g/mol. The molecule has 7 nitrogen and oxygen atoms in total. The van der Waals surface area contributed by atoms with E-state index >= 15 is 0 Å². The van der Waals surface area contributed by atoms with Gasteiger partial charge in [-0.15, -0.1) is 0 Å². The van der Waals surface area contributed by atoms with E-state index in [4.69, 9.17) is 0 Å². The first-order chi connectivity index (χ1) is 15.8. The molecule has 0 unspecified atom stereocenters. The second-order valence-electron chi connectivity index (χ2n) is 9.36. The summed E-state index contributed by atoms with van der Waals surface area (Å²) in [7, 11) is -3.74. The number of amides is 2. The van der Waals surface area contributed by atoms with Crippen LogP contribution < -0.4 is 9.62 Å². The molecule has 0 heterocycles. The van der Waals surface area contributed by atoms with Gasteiger partial charge in [0.25, 0.3) is 0 Å².